The summed E-state index contributed by atoms with van der Waals surface area (Å²) in [6, 6.07) is 10.7. The van der Waals surface area contributed by atoms with Gasteiger partial charge in [-0.05, 0) is 50.7 Å². The second kappa shape index (κ2) is 7.89. The van der Waals surface area contributed by atoms with Crippen LogP contribution in [0.2, 0.25) is 5.02 Å². The largest absolute Gasteiger partial charge is 0.348 e. The van der Waals surface area contributed by atoms with Gasteiger partial charge in [-0.3, -0.25) is 4.79 Å². The van der Waals surface area contributed by atoms with Crippen molar-refractivity contribution in [1.82, 2.24) is 9.88 Å². The van der Waals surface area contributed by atoms with Gasteiger partial charge >= 0.3 is 0 Å². The zero-order valence-corrected chi connectivity index (χ0v) is 16.6. The Kier molecular flexibility index (Phi) is 5.35. The average molecular weight is 384 g/mol. The molecule has 2 fully saturated rings. The highest BCUT2D eigenvalue weighted by Crippen LogP contribution is 2.38. The molecule has 27 heavy (non-hydrogen) atoms. The monoisotopic (exact) mass is 383 g/mol. The standard InChI is InChI=1S/C22H26ClN3O/c1-16-7-5-8-17(13-16)20-9-6-12-26(20)21-19(23)14-18(15-24-21)22(27)25-10-3-2-4-11-25/h5,7-8,13-15,20H,2-4,6,9-12H2,1H3. The van der Waals surface area contributed by atoms with Crippen molar-refractivity contribution in [3.05, 3.63) is 58.2 Å². The first-order chi connectivity index (χ1) is 13.1. The predicted octanol–water partition coefficient (Wildman–Crippen LogP) is 5.01. The lowest BCUT2D eigenvalue weighted by Crippen LogP contribution is -2.35. The van der Waals surface area contributed by atoms with Gasteiger partial charge in [0.1, 0.15) is 5.82 Å². The second-order valence-corrected chi connectivity index (χ2v) is 8.06. The third kappa shape index (κ3) is 3.81. The van der Waals surface area contributed by atoms with Gasteiger partial charge in [0.25, 0.3) is 5.91 Å². The average Bonchev–Trinajstić information content (AvgIpc) is 3.17. The molecule has 5 heteroatoms. The molecule has 0 spiro atoms. The first-order valence-electron chi connectivity index (χ1n) is 9.91. The highest BCUT2D eigenvalue weighted by atomic mass is 35.5. The molecule has 0 aliphatic carbocycles. The summed E-state index contributed by atoms with van der Waals surface area (Å²) in [5, 5.41) is 0.567. The molecule has 2 aliphatic rings. The number of pyridine rings is 1. The number of nitrogens with zero attached hydrogens (tertiary/aromatic N) is 3. The van der Waals surface area contributed by atoms with Gasteiger partial charge in [-0.15, -0.1) is 0 Å². The number of hydrogen-bond acceptors (Lipinski definition) is 3. The molecule has 2 saturated heterocycles. The third-order valence-corrected chi connectivity index (χ3v) is 5.94. The molecule has 1 atom stereocenters. The van der Waals surface area contributed by atoms with E-state index in [0.717, 1.165) is 51.1 Å². The Hall–Kier alpha value is -2.07. The number of carbonyl (C=O) groups is 1. The van der Waals surface area contributed by atoms with Gasteiger partial charge in [0.15, 0.2) is 0 Å². The van der Waals surface area contributed by atoms with Crippen LogP contribution in [0.1, 0.15) is 59.6 Å². The minimum Gasteiger partial charge on any atom is -0.348 e. The molecule has 1 aromatic carbocycles. The van der Waals surface area contributed by atoms with Crippen LogP contribution in [0.4, 0.5) is 5.82 Å². The number of carbonyl (C=O) groups excluding carboxylic acids is 1. The summed E-state index contributed by atoms with van der Waals surface area (Å²) >= 11 is 6.60. The highest BCUT2D eigenvalue weighted by molar-refractivity contribution is 6.33. The third-order valence-electron chi connectivity index (χ3n) is 5.66. The Morgan fingerprint density at radius 2 is 1.93 bits per heavy atom. The van der Waals surface area contributed by atoms with Crippen LogP contribution in [0.3, 0.4) is 0 Å². The number of piperidine rings is 1. The van der Waals surface area contributed by atoms with Crippen molar-refractivity contribution in [2.45, 2.75) is 45.1 Å². The molecular weight excluding hydrogens is 358 g/mol. The number of aromatic nitrogens is 1. The molecular formula is C22H26ClN3O. The Morgan fingerprint density at radius 1 is 1.11 bits per heavy atom. The fraction of sp³-hybridized carbons (Fsp3) is 0.455. The fourth-order valence-electron chi connectivity index (χ4n) is 4.28. The van der Waals surface area contributed by atoms with Crippen molar-refractivity contribution in [2.24, 2.45) is 0 Å². The maximum absolute atomic E-state index is 12.7. The molecule has 2 aromatic rings. The Morgan fingerprint density at radius 3 is 2.67 bits per heavy atom. The Labute approximate surface area is 166 Å². The molecule has 1 unspecified atom stereocenters. The van der Waals surface area contributed by atoms with E-state index in [4.69, 9.17) is 11.6 Å². The van der Waals surface area contributed by atoms with E-state index in [1.165, 1.54) is 17.5 Å². The lowest BCUT2D eigenvalue weighted by Gasteiger charge is -2.28. The molecule has 0 N–H and O–H groups in total. The van der Waals surface area contributed by atoms with E-state index in [1.54, 1.807) is 12.3 Å². The zero-order valence-electron chi connectivity index (χ0n) is 15.8. The van der Waals surface area contributed by atoms with Gasteiger partial charge in [0, 0.05) is 25.8 Å². The van der Waals surface area contributed by atoms with Gasteiger partial charge in [-0.1, -0.05) is 41.4 Å². The first kappa shape index (κ1) is 18.3. The van der Waals surface area contributed by atoms with Crippen LogP contribution in [-0.4, -0.2) is 35.4 Å². The van der Waals surface area contributed by atoms with Gasteiger partial charge in [0.05, 0.1) is 16.6 Å². The molecule has 3 heterocycles. The van der Waals surface area contributed by atoms with Gasteiger partial charge < -0.3 is 9.80 Å². The van der Waals surface area contributed by atoms with Crippen molar-refractivity contribution in [2.75, 3.05) is 24.5 Å². The van der Waals surface area contributed by atoms with E-state index >= 15 is 0 Å². The first-order valence-corrected chi connectivity index (χ1v) is 10.3. The van der Waals surface area contributed by atoms with Crippen LogP contribution in [0.15, 0.2) is 36.5 Å². The molecule has 0 bridgehead atoms. The van der Waals surface area contributed by atoms with E-state index < -0.39 is 0 Å². The molecule has 0 radical (unpaired) electrons. The van der Waals surface area contributed by atoms with Crippen LogP contribution in [0.5, 0.6) is 0 Å². The quantitative estimate of drug-likeness (QED) is 0.747. The maximum atomic E-state index is 12.7. The Balaban J connectivity index is 1.57. The van der Waals surface area contributed by atoms with Gasteiger partial charge in [0.2, 0.25) is 0 Å². The topological polar surface area (TPSA) is 36.4 Å². The smallest absolute Gasteiger partial charge is 0.255 e. The van der Waals surface area contributed by atoms with Crippen molar-refractivity contribution in [3.8, 4) is 0 Å². The van der Waals surface area contributed by atoms with Gasteiger partial charge in [-0.2, -0.15) is 0 Å². The van der Waals surface area contributed by atoms with Crippen LogP contribution in [-0.2, 0) is 0 Å². The number of aryl methyl sites for hydroxylation is 1. The lowest BCUT2D eigenvalue weighted by atomic mass is 10.0. The summed E-state index contributed by atoms with van der Waals surface area (Å²) in [5.74, 6) is 0.836. The molecule has 1 aromatic heterocycles. The van der Waals surface area contributed by atoms with E-state index in [-0.39, 0.29) is 5.91 Å². The number of hydrogen-bond donors (Lipinski definition) is 0. The molecule has 2 aliphatic heterocycles. The minimum atomic E-state index is 0.0484. The Bertz CT molecular complexity index is 832. The van der Waals surface area contributed by atoms with Crippen LogP contribution < -0.4 is 4.90 Å². The number of halogens is 1. The summed E-state index contributed by atoms with van der Waals surface area (Å²) in [6.07, 6.45) is 7.27. The summed E-state index contributed by atoms with van der Waals surface area (Å²) in [6.45, 7) is 4.72. The van der Waals surface area contributed by atoms with Crippen LogP contribution >= 0.6 is 11.6 Å². The van der Waals surface area contributed by atoms with Crippen molar-refractivity contribution < 1.29 is 4.79 Å². The molecule has 0 saturated carbocycles. The van der Waals surface area contributed by atoms with Crippen molar-refractivity contribution >= 4 is 23.3 Å². The SMILES string of the molecule is Cc1cccc(C2CCCN2c2ncc(C(=O)N3CCCCC3)cc2Cl)c1. The van der Waals surface area contributed by atoms with Crippen molar-refractivity contribution in [3.63, 3.8) is 0 Å². The highest BCUT2D eigenvalue weighted by Gasteiger charge is 2.29. The number of likely N-dealkylation sites (tertiary alicyclic amines) is 1. The van der Waals surface area contributed by atoms with E-state index in [9.17, 15) is 4.79 Å². The predicted molar refractivity (Wildman–Crippen MR) is 110 cm³/mol. The summed E-state index contributed by atoms with van der Waals surface area (Å²) in [7, 11) is 0. The molecule has 4 rings (SSSR count). The lowest BCUT2D eigenvalue weighted by molar-refractivity contribution is 0.0724. The number of amides is 1. The zero-order chi connectivity index (χ0) is 18.8. The van der Waals surface area contributed by atoms with E-state index in [1.807, 2.05) is 4.90 Å². The number of benzene rings is 1. The van der Waals surface area contributed by atoms with Gasteiger partial charge in [-0.25, -0.2) is 4.98 Å². The molecule has 4 nitrogen and oxygen atoms in total. The summed E-state index contributed by atoms with van der Waals surface area (Å²) < 4.78 is 0. The van der Waals surface area contributed by atoms with Crippen molar-refractivity contribution in [1.29, 1.82) is 0 Å². The number of rotatable bonds is 3. The summed E-state index contributed by atoms with van der Waals surface area (Å²) in [4.78, 5) is 21.5. The normalized spacial score (nSPS) is 20.1. The van der Waals surface area contributed by atoms with Crippen LogP contribution in [0, 0.1) is 6.92 Å². The summed E-state index contributed by atoms with van der Waals surface area (Å²) in [5.41, 5.74) is 3.16. The second-order valence-electron chi connectivity index (χ2n) is 7.65. The molecule has 142 valence electrons. The number of anilines is 1. The molecule has 1 amide bonds. The minimum absolute atomic E-state index is 0.0484. The van der Waals surface area contributed by atoms with E-state index in [2.05, 4.69) is 41.1 Å². The maximum Gasteiger partial charge on any atom is 0.255 e. The fourth-order valence-corrected chi connectivity index (χ4v) is 4.56. The van der Waals surface area contributed by atoms with E-state index in [0.29, 0.717) is 16.6 Å². The van der Waals surface area contributed by atoms with Crippen LogP contribution in [0.25, 0.3) is 0 Å².